The lowest BCUT2D eigenvalue weighted by molar-refractivity contribution is -0.0167. The summed E-state index contributed by atoms with van der Waals surface area (Å²) in [6, 6.07) is 1.89. The summed E-state index contributed by atoms with van der Waals surface area (Å²) in [4.78, 5) is 8.39. The van der Waals surface area contributed by atoms with E-state index in [1.165, 1.54) is 0 Å². The van der Waals surface area contributed by atoms with Gasteiger partial charge in [0, 0.05) is 24.5 Å². The van der Waals surface area contributed by atoms with E-state index in [2.05, 4.69) is 20.4 Å². The third kappa shape index (κ3) is 2.24. The first-order valence-electron chi connectivity index (χ1n) is 6.37. The SMILES string of the molecule is Cc1ccncc1-c1noc(C2(O)CCCNC2)n1. The number of piperidine rings is 1. The van der Waals surface area contributed by atoms with Crippen LogP contribution >= 0.6 is 0 Å². The van der Waals surface area contributed by atoms with Gasteiger partial charge in [0.05, 0.1) is 0 Å². The monoisotopic (exact) mass is 260 g/mol. The second kappa shape index (κ2) is 4.71. The van der Waals surface area contributed by atoms with Crippen molar-refractivity contribution < 1.29 is 9.63 Å². The molecule has 1 unspecified atom stereocenters. The number of rotatable bonds is 2. The molecule has 1 fully saturated rings. The zero-order valence-electron chi connectivity index (χ0n) is 10.8. The molecule has 0 saturated carbocycles. The standard InChI is InChI=1S/C13H16N4O2/c1-9-3-6-14-7-10(9)11-16-12(19-17-11)13(18)4-2-5-15-8-13/h3,6-7,15,18H,2,4-5,8H2,1H3. The maximum absolute atomic E-state index is 10.5. The normalized spacial score (nSPS) is 23.5. The second-order valence-electron chi connectivity index (χ2n) is 4.93. The number of aromatic nitrogens is 3. The Balaban J connectivity index is 1.93. The van der Waals surface area contributed by atoms with E-state index in [-0.39, 0.29) is 5.89 Å². The average molecular weight is 260 g/mol. The molecular weight excluding hydrogens is 244 g/mol. The fraction of sp³-hybridized carbons (Fsp3) is 0.462. The molecule has 0 bridgehead atoms. The lowest BCUT2D eigenvalue weighted by Crippen LogP contribution is -2.43. The van der Waals surface area contributed by atoms with Gasteiger partial charge in [-0.2, -0.15) is 4.98 Å². The van der Waals surface area contributed by atoms with Gasteiger partial charge in [-0.15, -0.1) is 0 Å². The number of nitrogens with one attached hydrogen (secondary N) is 1. The van der Waals surface area contributed by atoms with Gasteiger partial charge in [-0.25, -0.2) is 0 Å². The molecule has 2 aromatic heterocycles. The van der Waals surface area contributed by atoms with Crippen molar-refractivity contribution in [3.05, 3.63) is 29.9 Å². The van der Waals surface area contributed by atoms with Gasteiger partial charge in [0.15, 0.2) is 5.60 Å². The van der Waals surface area contributed by atoms with Crippen LogP contribution in [-0.4, -0.2) is 33.3 Å². The Kier molecular flexibility index (Phi) is 3.04. The largest absolute Gasteiger partial charge is 0.379 e. The van der Waals surface area contributed by atoms with Crippen molar-refractivity contribution in [2.24, 2.45) is 0 Å². The third-order valence-corrected chi connectivity index (χ3v) is 3.47. The van der Waals surface area contributed by atoms with Crippen LogP contribution in [0.4, 0.5) is 0 Å². The number of nitrogens with zero attached hydrogens (tertiary/aromatic N) is 3. The van der Waals surface area contributed by atoms with Crippen LogP contribution in [0.3, 0.4) is 0 Å². The number of pyridine rings is 1. The topological polar surface area (TPSA) is 84.1 Å². The molecular formula is C13H16N4O2. The molecule has 0 spiro atoms. The van der Waals surface area contributed by atoms with Crippen LogP contribution in [0.15, 0.2) is 23.0 Å². The van der Waals surface area contributed by atoms with Crippen molar-refractivity contribution in [3.8, 4) is 11.4 Å². The zero-order valence-corrected chi connectivity index (χ0v) is 10.8. The van der Waals surface area contributed by atoms with Crippen molar-refractivity contribution >= 4 is 0 Å². The molecule has 0 radical (unpaired) electrons. The van der Waals surface area contributed by atoms with Crippen LogP contribution in [0.5, 0.6) is 0 Å². The van der Waals surface area contributed by atoms with Gasteiger partial charge < -0.3 is 14.9 Å². The summed E-state index contributed by atoms with van der Waals surface area (Å²) in [5.74, 6) is 0.748. The van der Waals surface area contributed by atoms with Gasteiger partial charge in [-0.05, 0) is 37.9 Å². The zero-order chi connectivity index (χ0) is 13.3. The molecule has 2 N–H and O–H groups in total. The van der Waals surface area contributed by atoms with E-state index in [1.54, 1.807) is 12.4 Å². The quantitative estimate of drug-likeness (QED) is 0.838. The van der Waals surface area contributed by atoms with E-state index in [0.717, 1.165) is 24.1 Å². The summed E-state index contributed by atoms with van der Waals surface area (Å²) >= 11 is 0. The number of β-amino-alcohol motifs (C(OH)–C–C–N with tert-alkyl or cyclic N) is 1. The Morgan fingerprint density at radius 3 is 3.11 bits per heavy atom. The number of hydrogen-bond acceptors (Lipinski definition) is 6. The molecule has 0 aromatic carbocycles. The van der Waals surface area contributed by atoms with Gasteiger partial charge in [0.25, 0.3) is 5.89 Å². The maximum Gasteiger partial charge on any atom is 0.260 e. The van der Waals surface area contributed by atoms with E-state index < -0.39 is 5.60 Å². The highest BCUT2D eigenvalue weighted by Crippen LogP contribution is 2.29. The first-order valence-corrected chi connectivity index (χ1v) is 6.37. The molecule has 19 heavy (non-hydrogen) atoms. The number of aryl methyl sites for hydroxylation is 1. The minimum atomic E-state index is -1.06. The summed E-state index contributed by atoms with van der Waals surface area (Å²) in [6.45, 7) is 3.32. The summed E-state index contributed by atoms with van der Waals surface area (Å²) < 4.78 is 5.24. The Labute approximate surface area is 110 Å². The smallest absolute Gasteiger partial charge is 0.260 e. The van der Waals surface area contributed by atoms with Crippen LogP contribution < -0.4 is 5.32 Å². The minimum Gasteiger partial charge on any atom is -0.379 e. The van der Waals surface area contributed by atoms with Crippen molar-refractivity contribution in [2.75, 3.05) is 13.1 Å². The lowest BCUT2D eigenvalue weighted by Gasteiger charge is -2.28. The van der Waals surface area contributed by atoms with Crippen molar-refractivity contribution in [1.82, 2.24) is 20.4 Å². The van der Waals surface area contributed by atoms with Gasteiger partial charge >= 0.3 is 0 Å². The van der Waals surface area contributed by atoms with Crippen LogP contribution in [-0.2, 0) is 5.60 Å². The molecule has 0 aliphatic carbocycles. The molecule has 2 aromatic rings. The summed E-state index contributed by atoms with van der Waals surface area (Å²) in [5, 5.41) is 17.6. The van der Waals surface area contributed by atoms with Crippen LogP contribution in [0, 0.1) is 6.92 Å². The Bertz CT molecular complexity index is 576. The highest BCUT2D eigenvalue weighted by molar-refractivity contribution is 5.57. The van der Waals surface area contributed by atoms with Crippen molar-refractivity contribution in [2.45, 2.75) is 25.4 Å². The highest BCUT2D eigenvalue weighted by Gasteiger charge is 2.37. The predicted molar refractivity (Wildman–Crippen MR) is 68.3 cm³/mol. The van der Waals surface area contributed by atoms with Gasteiger partial charge in [-0.3, -0.25) is 4.98 Å². The average Bonchev–Trinajstić information content (AvgIpc) is 2.90. The number of hydrogen-bond donors (Lipinski definition) is 2. The maximum atomic E-state index is 10.5. The molecule has 3 heterocycles. The number of aliphatic hydroxyl groups is 1. The first kappa shape index (κ1) is 12.3. The molecule has 6 nitrogen and oxygen atoms in total. The van der Waals surface area contributed by atoms with Gasteiger partial charge in [0.1, 0.15) is 0 Å². The highest BCUT2D eigenvalue weighted by atomic mass is 16.5. The van der Waals surface area contributed by atoms with E-state index >= 15 is 0 Å². The third-order valence-electron chi connectivity index (χ3n) is 3.47. The molecule has 1 saturated heterocycles. The van der Waals surface area contributed by atoms with E-state index in [4.69, 9.17) is 4.52 Å². The molecule has 100 valence electrons. The molecule has 1 aliphatic heterocycles. The lowest BCUT2D eigenvalue weighted by atomic mass is 9.94. The fourth-order valence-corrected chi connectivity index (χ4v) is 2.29. The molecule has 0 amide bonds. The Morgan fingerprint density at radius 2 is 2.37 bits per heavy atom. The van der Waals surface area contributed by atoms with Gasteiger partial charge in [0.2, 0.25) is 5.82 Å². The van der Waals surface area contributed by atoms with Crippen LogP contribution in [0.2, 0.25) is 0 Å². The second-order valence-corrected chi connectivity index (χ2v) is 4.93. The fourth-order valence-electron chi connectivity index (χ4n) is 2.29. The summed E-state index contributed by atoms with van der Waals surface area (Å²) in [6.07, 6.45) is 4.94. The van der Waals surface area contributed by atoms with E-state index in [9.17, 15) is 5.11 Å². The molecule has 6 heteroatoms. The predicted octanol–water partition coefficient (Wildman–Crippen LogP) is 1.01. The van der Waals surface area contributed by atoms with Crippen molar-refractivity contribution in [1.29, 1.82) is 0 Å². The Hall–Kier alpha value is -1.79. The molecule has 1 atom stereocenters. The van der Waals surface area contributed by atoms with Gasteiger partial charge in [-0.1, -0.05) is 5.16 Å². The summed E-state index contributed by atoms with van der Waals surface area (Å²) in [5.41, 5.74) is 0.792. The minimum absolute atomic E-state index is 0.276. The molecule has 3 rings (SSSR count). The van der Waals surface area contributed by atoms with Crippen molar-refractivity contribution in [3.63, 3.8) is 0 Å². The molecule has 1 aliphatic rings. The first-order chi connectivity index (χ1) is 9.19. The van der Waals surface area contributed by atoms with E-state index in [0.29, 0.717) is 18.8 Å². The van der Waals surface area contributed by atoms with E-state index in [1.807, 2.05) is 13.0 Å². The van der Waals surface area contributed by atoms with Crippen LogP contribution in [0.1, 0.15) is 24.3 Å². The Morgan fingerprint density at radius 1 is 1.47 bits per heavy atom. The summed E-state index contributed by atoms with van der Waals surface area (Å²) in [7, 11) is 0. The van der Waals surface area contributed by atoms with Crippen LogP contribution in [0.25, 0.3) is 11.4 Å².